The largest absolute Gasteiger partial charge is 0.508 e. The highest BCUT2D eigenvalue weighted by Crippen LogP contribution is 2.53. The van der Waals surface area contributed by atoms with Crippen molar-refractivity contribution in [2.24, 2.45) is 23.5 Å². The van der Waals surface area contributed by atoms with Crippen LogP contribution in [-0.2, 0) is 27.3 Å². The average Bonchev–Trinajstić information content (AvgIpc) is 2.87. The number of rotatable bonds is 6. The Kier molecular flexibility index (Phi) is 7.19. The van der Waals surface area contributed by atoms with Gasteiger partial charge in [-0.1, -0.05) is 0 Å². The lowest BCUT2D eigenvalue weighted by molar-refractivity contribution is -0.147. The van der Waals surface area contributed by atoms with Gasteiger partial charge >= 0.3 is 0 Å². The molecule has 1 aromatic rings. The predicted octanol–water partition coefficient (Wildman–Crippen LogP) is 1.72. The molecular formula is C28H35N3O7S. The molecule has 7 N–H and O–H groups in total. The van der Waals surface area contributed by atoms with Gasteiger partial charge in [0, 0.05) is 49.8 Å². The summed E-state index contributed by atoms with van der Waals surface area (Å²) < 4.78 is 0. The molecule has 10 nitrogen and oxygen atoms in total. The number of anilines is 1. The van der Waals surface area contributed by atoms with Crippen LogP contribution in [0.2, 0.25) is 0 Å². The molecule has 39 heavy (non-hydrogen) atoms. The number of hydrogen-bond donors (Lipinski definition) is 6. The number of fused-ring (bicyclic) bond motifs is 3. The number of carbonyl (C=O) groups excluding carboxylic acids is 3. The van der Waals surface area contributed by atoms with Crippen molar-refractivity contribution in [1.82, 2.24) is 5.32 Å². The lowest BCUT2D eigenvalue weighted by Crippen LogP contribution is -2.58. The highest BCUT2D eigenvalue weighted by molar-refractivity contribution is 7.99. The summed E-state index contributed by atoms with van der Waals surface area (Å²) in [6.45, 7) is 1.17. The van der Waals surface area contributed by atoms with Gasteiger partial charge in [-0.2, -0.15) is 11.8 Å². The molecule has 1 aromatic carbocycles. The van der Waals surface area contributed by atoms with E-state index < -0.39 is 52.0 Å². The van der Waals surface area contributed by atoms with Crippen LogP contribution in [0.3, 0.4) is 0 Å². The standard InChI is InChI=1S/C28H35N3O7S/c1-31(2)18-9-15(12-30-11-13-3-5-39-6-4-13)23(33)21-17(18)8-14-7-16-10-19(32)22(27(29)37)26(36)28(16,38)25(35)20(14)24(21)34/h9,13-14,16,30,33-34,36,38H,3-8,10-12H2,1-2H3,(H2,29,37). The summed E-state index contributed by atoms with van der Waals surface area (Å²) in [6.07, 6.45) is 2.34. The summed E-state index contributed by atoms with van der Waals surface area (Å²) in [7, 11) is 3.72. The number of phenols is 1. The summed E-state index contributed by atoms with van der Waals surface area (Å²) in [4.78, 5) is 40.0. The highest BCUT2D eigenvalue weighted by atomic mass is 32.2. The SMILES string of the molecule is CN(C)c1cc(CNCC2CCSCC2)c(O)c2c1CC1CC3CC(=O)C(C(N)=O)=C(O)C3(O)C(=O)C1=C2O. The van der Waals surface area contributed by atoms with Crippen molar-refractivity contribution in [3.8, 4) is 5.75 Å². The van der Waals surface area contributed by atoms with E-state index in [0.717, 1.165) is 36.6 Å². The molecule has 1 aliphatic heterocycles. The van der Waals surface area contributed by atoms with E-state index in [9.17, 15) is 34.8 Å². The molecule has 0 bridgehead atoms. The second-order valence-electron chi connectivity index (χ2n) is 11.2. The van der Waals surface area contributed by atoms with Crippen molar-refractivity contribution in [2.75, 3.05) is 37.0 Å². The number of benzene rings is 1. The number of nitrogens with one attached hydrogen (secondary N) is 1. The van der Waals surface area contributed by atoms with Crippen LogP contribution in [0.5, 0.6) is 5.75 Å². The van der Waals surface area contributed by atoms with Gasteiger partial charge in [-0.15, -0.1) is 0 Å². The van der Waals surface area contributed by atoms with Gasteiger partial charge < -0.3 is 36.4 Å². The minimum absolute atomic E-state index is 0.111. The fourth-order valence-corrected chi connectivity index (χ4v) is 7.82. The Morgan fingerprint density at radius 1 is 1.18 bits per heavy atom. The lowest BCUT2D eigenvalue weighted by Gasteiger charge is -2.46. The Morgan fingerprint density at radius 2 is 1.87 bits per heavy atom. The van der Waals surface area contributed by atoms with Crippen LogP contribution >= 0.6 is 11.8 Å². The Hall–Kier alpha value is -3.02. The van der Waals surface area contributed by atoms with Crippen molar-refractivity contribution >= 4 is 40.7 Å². The van der Waals surface area contributed by atoms with E-state index in [2.05, 4.69) is 5.32 Å². The molecule has 5 rings (SSSR count). The number of Topliss-reactive ketones (excluding diaryl/α,β-unsaturated/α-hetero) is 2. The average molecular weight is 558 g/mol. The number of carbonyl (C=O) groups is 3. The zero-order chi connectivity index (χ0) is 28.2. The molecule has 1 amide bonds. The number of phenolic OH excluding ortho intramolecular Hbond substituents is 1. The summed E-state index contributed by atoms with van der Waals surface area (Å²) in [5.41, 5.74) is 3.91. The van der Waals surface area contributed by atoms with E-state index in [1.54, 1.807) is 0 Å². The molecule has 3 unspecified atom stereocenters. The van der Waals surface area contributed by atoms with Crippen molar-refractivity contribution in [3.05, 3.63) is 39.7 Å². The van der Waals surface area contributed by atoms with Gasteiger partial charge in [0.05, 0.1) is 5.56 Å². The van der Waals surface area contributed by atoms with Crippen LogP contribution in [-0.4, -0.2) is 75.6 Å². The summed E-state index contributed by atoms with van der Waals surface area (Å²) in [5, 5.41) is 48.4. The lowest BCUT2D eigenvalue weighted by atomic mass is 9.59. The Bertz CT molecular complexity index is 1310. The normalized spacial score (nSPS) is 27.3. The minimum Gasteiger partial charge on any atom is -0.508 e. The van der Waals surface area contributed by atoms with Gasteiger partial charge in [-0.05, 0) is 67.2 Å². The van der Waals surface area contributed by atoms with Gasteiger partial charge in [0.15, 0.2) is 11.4 Å². The number of aliphatic hydroxyl groups is 3. The fraction of sp³-hybridized carbons (Fsp3) is 0.536. The van der Waals surface area contributed by atoms with Crippen molar-refractivity contribution < 1.29 is 34.8 Å². The van der Waals surface area contributed by atoms with Crippen LogP contribution in [0.4, 0.5) is 5.69 Å². The third kappa shape index (κ3) is 4.40. The Balaban J connectivity index is 1.56. The topological polar surface area (TPSA) is 173 Å². The molecule has 4 aliphatic rings. The molecule has 0 aromatic heterocycles. The number of aliphatic hydroxyl groups excluding tert-OH is 2. The van der Waals surface area contributed by atoms with Gasteiger partial charge in [0.2, 0.25) is 5.78 Å². The Labute approximate surface area is 230 Å². The van der Waals surface area contributed by atoms with Crippen molar-refractivity contribution in [2.45, 2.75) is 44.2 Å². The fourth-order valence-electron chi connectivity index (χ4n) is 6.62. The number of aromatic hydroxyl groups is 1. The predicted molar refractivity (Wildman–Crippen MR) is 147 cm³/mol. The maximum Gasteiger partial charge on any atom is 0.255 e. The smallest absolute Gasteiger partial charge is 0.255 e. The first kappa shape index (κ1) is 27.5. The van der Waals surface area contributed by atoms with Crippen molar-refractivity contribution in [1.29, 1.82) is 0 Å². The summed E-state index contributed by atoms with van der Waals surface area (Å²) in [6, 6.07) is 1.88. The molecule has 11 heteroatoms. The zero-order valence-electron chi connectivity index (χ0n) is 22.1. The quantitative estimate of drug-likeness (QED) is 0.283. The summed E-state index contributed by atoms with van der Waals surface area (Å²) in [5.74, 6) is -3.32. The number of nitrogens with zero attached hydrogens (tertiary/aromatic N) is 1. The first-order chi connectivity index (χ1) is 18.5. The first-order valence-corrected chi connectivity index (χ1v) is 14.4. The molecule has 3 atom stereocenters. The second kappa shape index (κ2) is 10.2. The molecule has 1 heterocycles. The van der Waals surface area contributed by atoms with Gasteiger partial charge in [-0.25, -0.2) is 0 Å². The van der Waals surface area contributed by atoms with E-state index in [-0.39, 0.29) is 36.1 Å². The maximum absolute atomic E-state index is 13.8. The molecule has 0 radical (unpaired) electrons. The van der Waals surface area contributed by atoms with Crippen LogP contribution in [0.15, 0.2) is 23.0 Å². The molecule has 3 aliphatic carbocycles. The van der Waals surface area contributed by atoms with Gasteiger partial charge in [0.1, 0.15) is 22.8 Å². The monoisotopic (exact) mass is 557 g/mol. The number of nitrogens with two attached hydrogens (primary N) is 1. The maximum atomic E-state index is 13.8. The van der Waals surface area contributed by atoms with Crippen LogP contribution in [0, 0.1) is 17.8 Å². The molecule has 1 saturated carbocycles. The van der Waals surface area contributed by atoms with Crippen LogP contribution < -0.4 is 16.0 Å². The zero-order valence-corrected chi connectivity index (χ0v) is 22.9. The molecule has 210 valence electrons. The van der Waals surface area contributed by atoms with Crippen molar-refractivity contribution in [3.63, 3.8) is 0 Å². The highest BCUT2D eigenvalue weighted by Gasteiger charge is 2.60. The van der Waals surface area contributed by atoms with E-state index >= 15 is 0 Å². The molecule has 2 fully saturated rings. The third-order valence-electron chi connectivity index (χ3n) is 8.69. The molecular weight excluding hydrogens is 522 g/mol. The summed E-state index contributed by atoms with van der Waals surface area (Å²) >= 11 is 1.96. The number of ketones is 2. The Morgan fingerprint density at radius 3 is 2.51 bits per heavy atom. The van der Waals surface area contributed by atoms with E-state index in [1.807, 2.05) is 36.8 Å². The van der Waals surface area contributed by atoms with E-state index in [4.69, 9.17) is 5.73 Å². The van der Waals surface area contributed by atoms with Gasteiger partial charge in [-0.3, -0.25) is 14.4 Å². The number of amides is 1. The number of primary amides is 1. The minimum atomic E-state index is -2.56. The second-order valence-corrected chi connectivity index (χ2v) is 12.5. The molecule has 0 spiro atoms. The van der Waals surface area contributed by atoms with Gasteiger partial charge in [0.25, 0.3) is 5.91 Å². The molecule has 1 saturated heterocycles. The van der Waals surface area contributed by atoms with Crippen LogP contribution in [0.1, 0.15) is 42.4 Å². The number of thioether (sulfide) groups is 1. The third-order valence-corrected chi connectivity index (χ3v) is 9.74. The van der Waals surface area contributed by atoms with Crippen LogP contribution in [0.25, 0.3) is 5.76 Å². The number of hydrogen-bond acceptors (Lipinski definition) is 10. The van der Waals surface area contributed by atoms with E-state index in [1.165, 1.54) is 0 Å². The van der Waals surface area contributed by atoms with E-state index in [0.29, 0.717) is 23.6 Å². The first-order valence-electron chi connectivity index (χ1n) is 13.3.